The summed E-state index contributed by atoms with van der Waals surface area (Å²) in [6.07, 6.45) is 0. The topological polar surface area (TPSA) is 91.8 Å². The van der Waals surface area contributed by atoms with Gasteiger partial charge >= 0.3 is 5.97 Å². The molecule has 1 fully saturated rings. The number of pyridine rings is 1. The summed E-state index contributed by atoms with van der Waals surface area (Å²) in [5.74, 6) is -0.523. The molecule has 1 atom stereocenters. The zero-order valence-corrected chi connectivity index (χ0v) is 12.1. The lowest BCUT2D eigenvalue weighted by Crippen LogP contribution is -2.54. The number of aryl methyl sites for hydroxylation is 1. The van der Waals surface area contributed by atoms with E-state index in [0.29, 0.717) is 37.8 Å². The molecule has 7 heteroatoms. The highest BCUT2D eigenvalue weighted by atomic mass is 16.5. The smallest absolute Gasteiger partial charge is 0.337 e. The minimum Gasteiger partial charge on any atom is -0.478 e. The number of likely N-dealkylation sites (N-methyl/N-ethyl adjacent to an activating group) is 1. The van der Waals surface area contributed by atoms with Crippen LogP contribution in [0.1, 0.15) is 23.0 Å². The average molecular weight is 293 g/mol. The molecule has 1 aromatic heterocycles. The molecule has 2 rings (SSSR count). The summed E-state index contributed by atoms with van der Waals surface area (Å²) in [6, 6.07) is 2.71. The first-order valence-corrected chi connectivity index (χ1v) is 6.87. The second kappa shape index (κ2) is 6.53. The van der Waals surface area contributed by atoms with Crippen LogP contribution in [0.5, 0.6) is 0 Å². The highest BCUT2D eigenvalue weighted by molar-refractivity contribution is 5.89. The van der Waals surface area contributed by atoms with Crippen LogP contribution in [0.15, 0.2) is 12.1 Å². The van der Waals surface area contributed by atoms with Crippen LogP contribution in [-0.2, 0) is 9.53 Å². The van der Waals surface area contributed by atoms with Crippen molar-refractivity contribution in [2.24, 2.45) is 0 Å². The molecule has 0 saturated carbocycles. The lowest BCUT2D eigenvalue weighted by Gasteiger charge is -2.35. The Morgan fingerprint density at radius 1 is 1.52 bits per heavy atom. The van der Waals surface area contributed by atoms with Gasteiger partial charge in [0, 0.05) is 13.1 Å². The molecule has 0 aliphatic carbocycles. The molecular formula is C14H19N3O4. The molecule has 21 heavy (non-hydrogen) atoms. The van der Waals surface area contributed by atoms with Crippen LogP contribution in [-0.4, -0.2) is 54.3 Å². The number of nitrogens with zero attached hydrogens (tertiary/aromatic N) is 2. The Bertz CT molecular complexity index is 547. The second-order valence-corrected chi connectivity index (χ2v) is 4.79. The predicted molar refractivity (Wildman–Crippen MR) is 76.6 cm³/mol. The molecule has 1 amide bonds. The van der Waals surface area contributed by atoms with Gasteiger partial charge in [-0.25, -0.2) is 9.78 Å². The van der Waals surface area contributed by atoms with Crippen molar-refractivity contribution in [1.82, 2.24) is 10.3 Å². The molecule has 2 heterocycles. The van der Waals surface area contributed by atoms with Gasteiger partial charge in [-0.15, -0.1) is 0 Å². The van der Waals surface area contributed by atoms with Gasteiger partial charge < -0.3 is 20.1 Å². The van der Waals surface area contributed by atoms with Gasteiger partial charge in [-0.3, -0.25) is 4.79 Å². The molecule has 1 aliphatic heterocycles. The number of aromatic nitrogens is 1. The molecule has 1 aromatic rings. The van der Waals surface area contributed by atoms with Gasteiger partial charge in [0.15, 0.2) is 0 Å². The first-order chi connectivity index (χ1) is 10.0. The number of hydrogen-bond acceptors (Lipinski definition) is 5. The Kier molecular flexibility index (Phi) is 4.74. The lowest BCUT2D eigenvalue weighted by atomic mass is 10.1. The number of carboxylic acid groups (broad SMARTS) is 1. The van der Waals surface area contributed by atoms with Crippen molar-refractivity contribution in [3.05, 3.63) is 23.4 Å². The fourth-order valence-corrected chi connectivity index (χ4v) is 2.32. The van der Waals surface area contributed by atoms with Crippen molar-refractivity contribution in [1.29, 1.82) is 0 Å². The summed E-state index contributed by atoms with van der Waals surface area (Å²) in [5, 5.41) is 11.8. The highest BCUT2D eigenvalue weighted by Crippen LogP contribution is 2.20. The van der Waals surface area contributed by atoms with Crippen LogP contribution in [0, 0.1) is 6.92 Å². The molecule has 1 unspecified atom stereocenters. The third-order valence-corrected chi connectivity index (χ3v) is 3.38. The van der Waals surface area contributed by atoms with E-state index in [4.69, 9.17) is 9.84 Å². The van der Waals surface area contributed by atoms with Gasteiger partial charge in [0.2, 0.25) is 5.91 Å². The van der Waals surface area contributed by atoms with Crippen molar-refractivity contribution in [2.75, 3.05) is 31.2 Å². The zero-order valence-electron chi connectivity index (χ0n) is 12.1. The van der Waals surface area contributed by atoms with Crippen molar-refractivity contribution in [2.45, 2.75) is 19.9 Å². The van der Waals surface area contributed by atoms with Crippen LogP contribution in [0.25, 0.3) is 0 Å². The summed E-state index contributed by atoms with van der Waals surface area (Å²) >= 11 is 0. The molecule has 0 aromatic carbocycles. The van der Waals surface area contributed by atoms with Crippen molar-refractivity contribution in [3.8, 4) is 0 Å². The Morgan fingerprint density at radius 3 is 2.90 bits per heavy atom. The fraction of sp³-hybridized carbons (Fsp3) is 0.500. The second-order valence-electron chi connectivity index (χ2n) is 4.79. The SMILES string of the molecule is CCNC(=O)C1COCCN1c1ccc(C(=O)O)c(C)n1. The van der Waals surface area contributed by atoms with Crippen LogP contribution in [0.2, 0.25) is 0 Å². The number of rotatable bonds is 4. The minimum absolute atomic E-state index is 0.112. The first kappa shape index (κ1) is 15.2. The number of anilines is 1. The minimum atomic E-state index is -1.01. The Morgan fingerprint density at radius 2 is 2.29 bits per heavy atom. The number of hydrogen-bond donors (Lipinski definition) is 2. The number of ether oxygens (including phenoxy) is 1. The maximum absolute atomic E-state index is 12.1. The summed E-state index contributed by atoms with van der Waals surface area (Å²) < 4.78 is 5.37. The number of amides is 1. The molecule has 7 nitrogen and oxygen atoms in total. The normalized spacial score (nSPS) is 18.4. The summed E-state index contributed by atoms with van der Waals surface area (Å²) in [5.41, 5.74) is 0.600. The number of carbonyl (C=O) groups excluding carboxylic acids is 1. The largest absolute Gasteiger partial charge is 0.478 e. The zero-order chi connectivity index (χ0) is 15.4. The maximum atomic E-state index is 12.1. The van der Waals surface area contributed by atoms with Gasteiger partial charge in [0.05, 0.1) is 24.5 Å². The molecule has 0 radical (unpaired) electrons. The van der Waals surface area contributed by atoms with E-state index in [2.05, 4.69) is 10.3 Å². The summed E-state index contributed by atoms with van der Waals surface area (Å²) in [6.45, 7) is 5.41. The monoisotopic (exact) mass is 293 g/mol. The predicted octanol–water partition coefficient (Wildman–Crippen LogP) is 0.430. The van der Waals surface area contributed by atoms with Gasteiger partial charge in [0.25, 0.3) is 0 Å². The van der Waals surface area contributed by atoms with Crippen LogP contribution in [0.3, 0.4) is 0 Å². The lowest BCUT2D eigenvalue weighted by molar-refractivity contribution is -0.124. The first-order valence-electron chi connectivity index (χ1n) is 6.87. The van der Waals surface area contributed by atoms with E-state index >= 15 is 0 Å². The molecule has 114 valence electrons. The van der Waals surface area contributed by atoms with Crippen molar-refractivity contribution < 1.29 is 19.4 Å². The third-order valence-electron chi connectivity index (χ3n) is 3.38. The standard InChI is InChI=1S/C14H19N3O4/c1-3-15-13(18)11-8-21-7-6-17(11)12-5-4-10(14(19)20)9(2)16-12/h4-5,11H,3,6-8H2,1-2H3,(H,15,18)(H,19,20). The van der Waals surface area contributed by atoms with Gasteiger partial charge in [-0.2, -0.15) is 0 Å². The van der Waals surface area contributed by atoms with Crippen LogP contribution in [0.4, 0.5) is 5.82 Å². The molecule has 0 spiro atoms. The van der Waals surface area contributed by atoms with E-state index in [1.165, 1.54) is 6.07 Å². The quantitative estimate of drug-likeness (QED) is 0.836. The highest BCUT2D eigenvalue weighted by Gasteiger charge is 2.30. The van der Waals surface area contributed by atoms with E-state index in [1.807, 2.05) is 11.8 Å². The van der Waals surface area contributed by atoms with E-state index < -0.39 is 12.0 Å². The van der Waals surface area contributed by atoms with Crippen LogP contribution < -0.4 is 10.2 Å². The Labute approximate surface area is 122 Å². The van der Waals surface area contributed by atoms with Crippen molar-refractivity contribution >= 4 is 17.7 Å². The Hall–Kier alpha value is -2.15. The third kappa shape index (κ3) is 3.30. The van der Waals surface area contributed by atoms with Gasteiger partial charge in [-0.05, 0) is 26.0 Å². The fourth-order valence-electron chi connectivity index (χ4n) is 2.32. The number of aromatic carboxylic acids is 1. The van der Waals surface area contributed by atoms with Crippen molar-refractivity contribution in [3.63, 3.8) is 0 Å². The number of nitrogens with one attached hydrogen (secondary N) is 1. The number of carbonyl (C=O) groups is 2. The maximum Gasteiger partial charge on any atom is 0.337 e. The number of morpholine rings is 1. The van der Waals surface area contributed by atoms with E-state index in [0.717, 1.165) is 0 Å². The van der Waals surface area contributed by atoms with E-state index in [1.54, 1.807) is 13.0 Å². The Balaban J connectivity index is 2.27. The molecule has 1 saturated heterocycles. The number of carboxylic acids is 1. The van der Waals surface area contributed by atoms with E-state index in [-0.39, 0.29) is 11.5 Å². The van der Waals surface area contributed by atoms with Crippen LogP contribution >= 0.6 is 0 Å². The van der Waals surface area contributed by atoms with Gasteiger partial charge in [-0.1, -0.05) is 0 Å². The molecule has 2 N–H and O–H groups in total. The average Bonchev–Trinajstić information content (AvgIpc) is 2.47. The molecule has 0 bridgehead atoms. The van der Waals surface area contributed by atoms with E-state index in [9.17, 15) is 9.59 Å². The molecule has 1 aliphatic rings. The summed E-state index contributed by atoms with van der Waals surface area (Å²) in [4.78, 5) is 29.3. The summed E-state index contributed by atoms with van der Waals surface area (Å²) in [7, 11) is 0. The van der Waals surface area contributed by atoms with Gasteiger partial charge in [0.1, 0.15) is 11.9 Å². The molecular weight excluding hydrogens is 274 g/mol.